The minimum Gasteiger partial charge on any atom is -0.399 e. The van der Waals surface area contributed by atoms with Gasteiger partial charge in [0.15, 0.2) is 0 Å². The molecule has 0 radical (unpaired) electrons. The third-order valence-corrected chi connectivity index (χ3v) is 4.52. The van der Waals surface area contributed by atoms with Gasteiger partial charge in [-0.3, -0.25) is 0 Å². The number of rotatable bonds is 3. The molecule has 1 aromatic carbocycles. The number of thiophene rings is 1. The number of hydrogen-bond acceptors (Lipinski definition) is 5. The average molecular weight is 284 g/mol. The van der Waals surface area contributed by atoms with Gasteiger partial charge in [-0.15, -0.1) is 11.3 Å². The SMILES string of the molecule is Cc1sc2ncnc(NCc3ccc(N)cc3)c2c1C. The monoisotopic (exact) mass is 284 g/mol. The Morgan fingerprint density at radius 1 is 1.15 bits per heavy atom. The van der Waals surface area contributed by atoms with Crippen LogP contribution in [0.2, 0.25) is 0 Å². The van der Waals surface area contributed by atoms with Crippen LogP contribution in [0.3, 0.4) is 0 Å². The van der Waals surface area contributed by atoms with Crippen molar-refractivity contribution in [2.75, 3.05) is 11.1 Å². The first-order chi connectivity index (χ1) is 9.65. The molecule has 0 saturated heterocycles. The summed E-state index contributed by atoms with van der Waals surface area (Å²) < 4.78 is 0. The second-order valence-corrected chi connectivity index (χ2v) is 5.98. The maximum absolute atomic E-state index is 5.69. The van der Waals surface area contributed by atoms with Gasteiger partial charge in [0, 0.05) is 17.1 Å². The van der Waals surface area contributed by atoms with Gasteiger partial charge < -0.3 is 11.1 Å². The predicted molar refractivity (Wildman–Crippen MR) is 85.1 cm³/mol. The predicted octanol–water partition coefficient (Wildman–Crippen LogP) is 3.50. The Labute approximate surface area is 121 Å². The highest BCUT2D eigenvalue weighted by Crippen LogP contribution is 2.32. The van der Waals surface area contributed by atoms with Crippen LogP contribution in [0.4, 0.5) is 11.5 Å². The molecule has 0 saturated carbocycles. The Morgan fingerprint density at radius 2 is 1.90 bits per heavy atom. The highest BCUT2D eigenvalue weighted by molar-refractivity contribution is 7.18. The molecule has 2 heterocycles. The quantitative estimate of drug-likeness (QED) is 0.722. The van der Waals surface area contributed by atoms with E-state index in [9.17, 15) is 0 Å². The Morgan fingerprint density at radius 3 is 2.65 bits per heavy atom. The minimum atomic E-state index is 0.723. The lowest BCUT2D eigenvalue weighted by molar-refractivity contribution is 1.10. The van der Waals surface area contributed by atoms with E-state index in [-0.39, 0.29) is 0 Å². The molecule has 0 bridgehead atoms. The molecule has 20 heavy (non-hydrogen) atoms. The Kier molecular flexibility index (Phi) is 3.28. The molecule has 4 nitrogen and oxygen atoms in total. The number of hydrogen-bond donors (Lipinski definition) is 2. The van der Waals surface area contributed by atoms with Crippen LogP contribution < -0.4 is 11.1 Å². The average Bonchev–Trinajstić information content (AvgIpc) is 2.74. The number of nitrogens with one attached hydrogen (secondary N) is 1. The largest absolute Gasteiger partial charge is 0.399 e. The van der Waals surface area contributed by atoms with Crippen molar-refractivity contribution in [2.45, 2.75) is 20.4 Å². The van der Waals surface area contributed by atoms with Crippen molar-refractivity contribution >= 4 is 33.1 Å². The molecule has 0 spiro atoms. The van der Waals surface area contributed by atoms with Crippen LogP contribution in [0.5, 0.6) is 0 Å². The van der Waals surface area contributed by atoms with Crippen molar-refractivity contribution in [1.82, 2.24) is 9.97 Å². The lowest BCUT2D eigenvalue weighted by Gasteiger charge is -2.07. The number of benzene rings is 1. The minimum absolute atomic E-state index is 0.723. The number of nitrogens with two attached hydrogens (primary N) is 1. The van der Waals surface area contributed by atoms with E-state index >= 15 is 0 Å². The molecule has 0 fully saturated rings. The summed E-state index contributed by atoms with van der Waals surface area (Å²) in [6.07, 6.45) is 1.61. The first-order valence-electron chi connectivity index (χ1n) is 6.44. The standard InChI is InChI=1S/C15H16N4S/c1-9-10(2)20-15-13(9)14(18-8-19-15)17-7-11-3-5-12(16)6-4-11/h3-6,8H,7,16H2,1-2H3,(H,17,18,19). The number of anilines is 2. The summed E-state index contributed by atoms with van der Waals surface area (Å²) in [5.41, 5.74) is 8.90. The Hall–Kier alpha value is -2.14. The topological polar surface area (TPSA) is 63.8 Å². The summed E-state index contributed by atoms with van der Waals surface area (Å²) >= 11 is 1.71. The summed E-state index contributed by atoms with van der Waals surface area (Å²) in [7, 11) is 0. The normalized spacial score (nSPS) is 10.9. The third-order valence-electron chi connectivity index (χ3n) is 3.41. The second-order valence-electron chi connectivity index (χ2n) is 4.78. The van der Waals surface area contributed by atoms with Gasteiger partial charge in [-0.25, -0.2) is 9.97 Å². The first-order valence-corrected chi connectivity index (χ1v) is 7.26. The van der Waals surface area contributed by atoms with E-state index < -0.39 is 0 Å². The van der Waals surface area contributed by atoms with Gasteiger partial charge in [0.2, 0.25) is 0 Å². The van der Waals surface area contributed by atoms with Crippen molar-refractivity contribution in [3.8, 4) is 0 Å². The molecule has 0 atom stereocenters. The maximum atomic E-state index is 5.69. The van der Waals surface area contributed by atoms with Gasteiger partial charge in [0.05, 0.1) is 5.39 Å². The zero-order valence-electron chi connectivity index (χ0n) is 11.5. The van der Waals surface area contributed by atoms with Crippen molar-refractivity contribution in [3.63, 3.8) is 0 Å². The van der Waals surface area contributed by atoms with Crippen molar-refractivity contribution < 1.29 is 0 Å². The third kappa shape index (κ3) is 2.32. The van der Waals surface area contributed by atoms with Gasteiger partial charge >= 0.3 is 0 Å². The molecule has 0 amide bonds. The van der Waals surface area contributed by atoms with Crippen molar-refractivity contribution in [2.24, 2.45) is 0 Å². The second kappa shape index (κ2) is 5.09. The molecule has 0 aliphatic heterocycles. The number of aromatic nitrogens is 2. The smallest absolute Gasteiger partial charge is 0.138 e. The Bertz CT molecular complexity index is 746. The van der Waals surface area contributed by atoms with E-state index in [2.05, 4.69) is 29.1 Å². The van der Waals surface area contributed by atoms with Gasteiger partial charge in [0.25, 0.3) is 0 Å². The van der Waals surface area contributed by atoms with Crippen LogP contribution in [0.15, 0.2) is 30.6 Å². The highest BCUT2D eigenvalue weighted by atomic mass is 32.1. The van der Waals surface area contributed by atoms with Gasteiger partial charge in [-0.1, -0.05) is 12.1 Å². The summed E-state index contributed by atoms with van der Waals surface area (Å²) in [4.78, 5) is 11.0. The zero-order chi connectivity index (χ0) is 14.1. The van der Waals surface area contributed by atoms with Crippen molar-refractivity contribution in [3.05, 3.63) is 46.6 Å². The van der Waals surface area contributed by atoms with Crippen LogP contribution in [-0.4, -0.2) is 9.97 Å². The van der Waals surface area contributed by atoms with E-state index in [0.29, 0.717) is 0 Å². The van der Waals surface area contributed by atoms with E-state index in [4.69, 9.17) is 5.73 Å². The lowest BCUT2D eigenvalue weighted by Crippen LogP contribution is -2.02. The summed E-state index contributed by atoms with van der Waals surface area (Å²) in [6.45, 7) is 4.96. The van der Waals surface area contributed by atoms with Crippen LogP contribution >= 0.6 is 11.3 Å². The van der Waals surface area contributed by atoms with Gasteiger partial charge in [0.1, 0.15) is 17.0 Å². The van der Waals surface area contributed by atoms with Gasteiger partial charge in [-0.05, 0) is 37.1 Å². The molecular formula is C15H16N4S. The van der Waals surface area contributed by atoms with Crippen LogP contribution in [0, 0.1) is 13.8 Å². The summed E-state index contributed by atoms with van der Waals surface area (Å²) in [6, 6.07) is 7.86. The maximum Gasteiger partial charge on any atom is 0.138 e. The fraction of sp³-hybridized carbons (Fsp3) is 0.200. The number of aryl methyl sites for hydroxylation is 2. The first kappa shape index (κ1) is 12.9. The molecule has 3 aromatic rings. The molecule has 0 aliphatic carbocycles. The fourth-order valence-electron chi connectivity index (χ4n) is 2.14. The Balaban J connectivity index is 1.89. The van der Waals surface area contributed by atoms with Crippen LogP contribution in [0.25, 0.3) is 10.2 Å². The summed E-state index contributed by atoms with van der Waals surface area (Å²) in [5, 5.41) is 4.52. The van der Waals surface area contributed by atoms with E-state index in [0.717, 1.165) is 28.3 Å². The lowest BCUT2D eigenvalue weighted by atomic mass is 10.2. The molecule has 2 aromatic heterocycles. The molecule has 102 valence electrons. The molecule has 5 heteroatoms. The van der Waals surface area contributed by atoms with E-state index in [1.165, 1.54) is 16.0 Å². The molecule has 0 unspecified atom stereocenters. The number of fused-ring (bicyclic) bond motifs is 1. The molecule has 3 rings (SSSR count). The molecule has 3 N–H and O–H groups in total. The molecular weight excluding hydrogens is 268 g/mol. The summed E-state index contributed by atoms with van der Waals surface area (Å²) in [5.74, 6) is 0.897. The number of nitrogen functional groups attached to an aromatic ring is 1. The zero-order valence-corrected chi connectivity index (χ0v) is 12.3. The van der Waals surface area contributed by atoms with Crippen LogP contribution in [-0.2, 0) is 6.54 Å². The highest BCUT2D eigenvalue weighted by Gasteiger charge is 2.11. The van der Waals surface area contributed by atoms with Gasteiger partial charge in [-0.2, -0.15) is 0 Å². The van der Waals surface area contributed by atoms with Crippen molar-refractivity contribution in [1.29, 1.82) is 0 Å². The fourth-order valence-corrected chi connectivity index (χ4v) is 3.13. The van der Waals surface area contributed by atoms with E-state index in [1.54, 1.807) is 17.7 Å². The van der Waals surface area contributed by atoms with E-state index in [1.807, 2.05) is 24.3 Å². The van der Waals surface area contributed by atoms with Crippen LogP contribution in [0.1, 0.15) is 16.0 Å². The number of nitrogens with zero attached hydrogens (tertiary/aromatic N) is 2. The molecule has 0 aliphatic rings.